The van der Waals surface area contributed by atoms with Gasteiger partial charge in [0.2, 0.25) is 5.88 Å². The Labute approximate surface area is 154 Å². The van der Waals surface area contributed by atoms with Crippen LogP contribution in [0, 0.1) is 5.92 Å². The number of ether oxygens (including phenoxy) is 3. The molecule has 0 amide bonds. The minimum atomic E-state index is -0.686. The van der Waals surface area contributed by atoms with Crippen LogP contribution < -0.4 is 0 Å². The molecule has 144 valence electrons. The van der Waals surface area contributed by atoms with Gasteiger partial charge in [-0.3, -0.25) is 0 Å². The van der Waals surface area contributed by atoms with E-state index in [9.17, 15) is 10.2 Å². The van der Waals surface area contributed by atoms with E-state index in [1.807, 2.05) is 12.2 Å². The van der Waals surface area contributed by atoms with Crippen molar-refractivity contribution < 1.29 is 24.4 Å². The predicted octanol–water partition coefficient (Wildman–Crippen LogP) is 1.70. The first-order chi connectivity index (χ1) is 12.6. The molecule has 2 fully saturated rings. The third-order valence-electron chi connectivity index (χ3n) is 6.70. The highest BCUT2D eigenvalue weighted by Gasteiger charge is 2.60. The zero-order valence-corrected chi connectivity index (χ0v) is 15.8. The first-order valence-corrected chi connectivity index (χ1v) is 9.50. The summed E-state index contributed by atoms with van der Waals surface area (Å²) in [7, 11) is 4.92. The van der Waals surface area contributed by atoms with Crippen molar-refractivity contribution in [2.75, 3.05) is 27.9 Å². The largest absolute Gasteiger partial charge is 0.491 e. The van der Waals surface area contributed by atoms with Gasteiger partial charge in [0.15, 0.2) is 5.76 Å². The number of rotatable bonds is 3. The van der Waals surface area contributed by atoms with Gasteiger partial charge in [-0.05, 0) is 48.5 Å². The van der Waals surface area contributed by atoms with Gasteiger partial charge in [0.05, 0.1) is 38.1 Å². The van der Waals surface area contributed by atoms with Gasteiger partial charge < -0.3 is 29.3 Å². The number of aliphatic hydroxyl groups excluding tert-OH is 2. The van der Waals surface area contributed by atoms with Gasteiger partial charge in [0.1, 0.15) is 0 Å². The molecule has 4 aliphatic rings. The smallest absolute Gasteiger partial charge is 0.233 e. The van der Waals surface area contributed by atoms with Gasteiger partial charge >= 0.3 is 0 Å². The molecule has 2 heterocycles. The van der Waals surface area contributed by atoms with Gasteiger partial charge in [0, 0.05) is 20.1 Å². The van der Waals surface area contributed by atoms with Crippen LogP contribution in [0.5, 0.6) is 0 Å². The fourth-order valence-electron chi connectivity index (χ4n) is 5.61. The van der Waals surface area contributed by atoms with Crippen molar-refractivity contribution in [3.8, 4) is 0 Å². The Bertz CT molecular complexity index is 669. The second-order valence-electron chi connectivity index (χ2n) is 7.71. The van der Waals surface area contributed by atoms with Crippen LogP contribution in [0.2, 0.25) is 0 Å². The van der Waals surface area contributed by atoms with Crippen molar-refractivity contribution in [3.63, 3.8) is 0 Å². The molecule has 0 aromatic heterocycles. The van der Waals surface area contributed by atoms with Crippen molar-refractivity contribution in [1.29, 1.82) is 0 Å². The van der Waals surface area contributed by atoms with E-state index in [4.69, 9.17) is 14.2 Å². The maximum Gasteiger partial charge on any atom is 0.233 e. The molecule has 6 nitrogen and oxygen atoms in total. The Balaban J connectivity index is 1.96. The summed E-state index contributed by atoms with van der Waals surface area (Å²) in [5.74, 6) is 1.66. The van der Waals surface area contributed by atoms with Gasteiger partial charge in [-0.25, -0.2) is 0 Å². The molecule has 0 bridgehead atoms. The maximum absolute atomic E-state index is 11.3. The molecule has 2 aliphatic heterocycles. The first kappa shape index (κ1) is 17.9. The Morgan fingerprint density at radius 1 is 1.12 bits per heavy atom. The summed E-state index contributed by atoms with van der Waals surface area (Å²) in [6, 6.07) is 0. The van der Waals surface area contributed by atoms with E-state index in [1.54, 1.807) is 21.3 Å². The highest BCUT2D eigenvalue weighted by atomic mass is 16.5. The van der Waals surface area contributed by atoms with Crippen LogP contribution >= 0.6 is 0 Å². The zero-order chi connectivity index (χ0) is 18.5. The number of hydrogen-bond acceptors (Lipinski definition) is 6. The molecular weight excluding hydrogens is 334 g/mol. The molecule has 2 aliphatic carbocycles. The SMILES string of the molecule is COC1=C(OC)N2CCC3CCCC(O)C32C2=CC(O)C(OC)CC2=C1. The molecule has 4 rings (SSSR count). The molecule has 0 radical (unpaired) electrons. The molecule has 5 atom stereocenters. The highest BCUT2D eigenvalue weighted by molar-refractivity contribution is 5.52. The number of hydrogen-bond donors (Lipinski definition) is 2. The van der Waals surface area contributed by atoms with Crippen LogP contribution in [0.15, 0.2) is 34.9 Å². The summed E-state index contributed by atoms with van der Waals surface area (Å²) in [6.45, 7) is 0.806. The van der Waals surface area contributed by atoms with Gasteiger partial charge in [0.25, 0.3) is 0 Å². The van der Waals surface area contributed by atoms with Crippen LogP contribution in [0.1, 0.15) is 32.1 Å². The lowest BCUT2D eigenvalue weighted by Gasteiger charge is -2.51. The van der Waals surface area contributed by atoms with Crippen molar-refractivity contribution >= 4 is 0 Å². The molecule has 0 aromatic carbocycles. The Morgan fingerprint density at radius 3 is 2.62 bits per heavy atom. The van der Waals surface area contributed by atoms with E-state index in [0.717, 1.165) is 43.4 Å². The molecule has 1 saturated carbocycles. The fourth-order valence-corrected chi connectivity index (χ4v) is 5.61. The number of allylic oxidation sites excluding steroid dienone is 1. The van der Waals surface area contributed by atoms with E-state index in [2.05, 4.69) is 4.90 Å². The first-order valence-electron chi connectivity index (χ1n) is 9.50. The standard InChI is InChI=1S/C20H29NO5/c1-24-16-9-12-10-17(25-2)19(26-3)21-8-7-13-5-4-6-18(23)20(13,21)14(12)11-15(16)22/h10-11,13,15-16,18,22-23H,4-9H2,1-3H3. The molecule has 5 unspecified atom stereocenters. The molecule has 0 aromatic rings. The lowest BCUT2D eigenvalue weighted by Crippen LogP contribution is -2.60. The fraction of sp³-hybridized carbons (Fsp3) is 0.700. The molecule has 6 heteroatoms. The van der Waals surface area contributed by atoms with E-state index in [0.29, 0.717) is 24.0 Å². The monoisotopic (exact) mass is 363 g/mol. The van der Waals surface area contributed by atoms with Crippen LogP contribution in [-0.2, 0) is 14.2 Å². The minimum absolute atomic E-state index is 0.294. The van der Waals surface area contributed by atoms with Gasteiger partial charge in [-0.15, -0.1) is 0 Å². The minimum Gasteiger partial charge on any atom is -0.491 e. The average Bonchev–Trinajstić information content (AvgIpc) is 2.99. The number of fused-ring (bicyclic) bond motifs is 1. The van der Waals surface area contributed by atoms with E-state index in [1.165, 1.54) is 0 Å². The van der Waals surface area contributed by atoms with Crippen LogP contribution in [0.25, 0.3) is 0 Å². The third-order valence-corrected chi connectivity index (χ3v) is 6.70. The Morgan fingerprint density at radius 2 is 1.92 bits per heavy atom. The lowest BCUT2D eigenvalue weighted by molar-refractivity contribution is -0.0475. The summed E-state index contributed by atoms with van der Waals surface area (Å²) in [6.07, 6.45) is 6.83. The highest BCUT2D eigenvalue weighted by Crippen LogP contribution is 2.56. The summed E-state index contributed by atoms with van der Waals surface area (Å²) < 4.78 is 16.9. The van der Waals surface area contributed by atoms with Gasteiger partial charge in [-0.2, -0.15) is 0 Å². The van der Waals surface area contributed by atoms with Crippen LogP contribution in [-0.4, -0.2) is 66.8 Å². The van der Waals surface area contributed by atoms with Crippen LogP contribution in [0.4, 0.5) is 0 Å². The average molecular weight is 363 g/mol. The molecule has 26 heavy (non-hydrogen) atoms. The van der Waals surface area contributed by atoms with E-state index >= 15 is 0 Å². The summed E-state index contributed by atoms with van der Waals surface area (Å²) in [4.78, 5) is 2.19. The van der Waals surface area contributed by atoms with Crippen molar-refractivity contribution in [1.82, 2.24) is 4.90 Å². The normalized spacial score (nSPS) is 39.3. The van der Waals surface area contributed by atoms with Crippen LogP contribution in [0.3, 0.4) is 0 Å². The Hall–Kier alpha value is -1.50. The number of methoxy groups -OCH3 is 3. The lowest BCUT2D eigenvalue weighted by atomic mass is 9.64. The maximum atomic E-state index is 11.3. The quantitative estimate of drug-likeness (QED) is 0.795. The molecule has 1 spiro atoms. The second-order valence-corrected chi connectivity index (χ2v) is 7.71. The van der Waals surface area contributed by atoms with Crippen molar-refractivity contribution in [2.45, 2.75) is 56.0 Å². The van der Waals surface area contributed by atoms with Crippen molar-refractivity contribution in [2.24, 2.45) is 5.92 Å². The molecular formula is C20H29NO5. The third kappa shape index (κ3) is 2.28. The van der Waals surface area contributed by atoms with Gasteiger partial charge in [-0.1, -0.05) is 6.42 Å². The topological polar surface area (TPSA) is 71.4 Å². The van der Waals surface area contributed by atoms with Crippen molar-refractivity contribution in [3.05, 3.63) is 34.9 Å². The second kappa shape index (κ2) is 6.59. The van der Waals surface area contributed by atoms with E-state index < -0.39 is 17.7 Å². The predicted molar refractivity (Wildman–Crippen MR) is 96.0 cm³/mol. The summed E-state index contributed by atoms with van der Waals surface area (Å²) >= 11 is 0. The zero-order valence-electron chi connectivity index (χ0n) is 15.8. The molecule has 1 saturated heterocycles. The molecule has 2 N–H and O–H groups in total. The summed E-state index contributed by atoms with van der Waals surface area (Å²) in [5, 5.41) is 21.9. The Kier molecular flexibility index (Phi) is 4.53. The van der Waals surface area contributed by atoms with E-state index in [-0.39, 0.29) is 6.10 Å². The number of nitrogens with zero attached hydrogens (tertiary/aromatic N) is 1. The summed E-state index contributed by atoms with van der Waals surface area (Å²) in [5.41, 5.74) is 1.52. The number of aliphatic hydroxyl groups is 2.